The SMILES string of the molecule is CNC1(C(=O)NC(Cc2c[nH]c3ccccc23)C(=O)O)CCCC1. The zero-order valence-electron chi connectivity index (χ0n) is 13.8. The maximum atomic E-state index is 12.7. The van der Waals surface area contributed by atoms with Crippen molar-refractivity contribution < 1.29 is 14.7 Å². The average molecular weight is 329 g/mol. The van der Waals surface area contributed by atoms with Crippen molar-refractivity contribution in [3.63, 3.8) is 0 Å². The number of nitrogens with one attached hydrogen (secondary N) is 3. The van der Waals surface area contributed by atoms with Crippen LogP contribution in [-0.4, -0.2) is 40.6 Å². The summed E-state index contributed by atoms with van der Waals surface area (Å²) in [5.74, 6) is -1.23. The van der Waals surface area contributed by atoms with Gasteiger partial charge in [-0.3, -0.25) is 4.79 Å². The number of hydrogen-bond acceptors (Lipinski definition) is 3. The third kappa shape index (κ3) is 3.01. The van der Waals surface area contributed by atoms with Gasteiger partial charge in [-0.05, 0) is 31.5 Å². The van der Waals surface area contributed by atoms with E-state index in [-0.39, 0.29) is 12.3 Å². The van der Waals surface area contributed by atoms with Gasteiger partial charge in [0.2, 0.25) is 5.91 Å². The van der Waals surface area contributed by atoms with E-state index in [0.29, 0.717) is 0 Å². The Balaban J connectivity index is 1.78. The second-order valence-corrected chi connectivity index (χ2v) is 6.47. The maximum Gasteiger partial charge on any atom is 0.326 e. The fraction of sp³-hybridized carbons (Fsp3) is 0.444. The van der Waals surface area contributed by atoms with Crippen molar-refractivity contribution >= 4 is 22.8 Å². The molecule has 1 fully saturated rings. The first kappa shape index (κ1) is 16.5. The number of likely N-dealkylation sites (N-methyl/N-ethyl adjacent to an activating group) is 1. The van der Waals surface area contributed by atoms with Crippen LogP contribution in [0.2, 0.25) is 0 Å². The van der Waals surface area contributed by atoms with Gasteiger partial charge in [-0.15, -0.1) is 0 Å². The number of benzene rings is 1. The molecule has 128 valence electrons. The fourth-order valence-corrected chi connectivity index (χ4v) is 3.59. The highest BCUT2D eigenvalue weighted by molar-refractivity contribution is 5.91. The Morgan fingerprint density at radius 2 is 2.00 bits per heavy atom. The van der Waals surface area contributed by atoms with E-state index < -0.39 is 17.6 Å². The summed E-state index contributed by atoms with van der Waals surface area (Å²) in [7, 11) is 1.76. The number of rotatable bonds is 6. The van der Waals surface area contributed by atoms with Gasteiger partial charge in [-0.2, -0.15) is 0 Å². The van der Waals surface area contributed by atoms with Crippen LogP contribution in [0.15, 0.2) is 30.5 Å². The zero-order chi connectivity index (χ0) is 17.2. The number of aliphatic carboxylic acids is 1. The Hall–Kier alpha value is -2.34. The van der Waals surface area contributed by atoms with Gasteiger partial charge in [0.1, 0.15) is 6.04 Å². The molecule has 0 radical (unpaired) electrons. The molecule has 1 amide bonds. The molecule has 0 saturated heterocycles. The van der Waals surface area contributed by atoms with Gasteiger partial charge in [0.05, 0.1) is 5.54 Å². The smallest absolute Gasteiger partial charge is 0.326 e. The summed E-state index contributed by atoms with van der Waals surface area (Å²) < 4.78 is 0. The van der Waals surface area contributed by atoms with E-state index in [1.54, 1.807) is 7.05 Å². The molecular formula is C18H23N3O3. The van der Waals surface area contributed by atoms with Crippen LogP contribution in [-0.2, 0) is 16.0 Å². The molecule has 1 aromatic heterocycles. The molecule has 0 spiro atoms. The second kappa shape index (κ2) is 6.65. The topological polar surface area (TPSA) is 94.2 Å². The van der Waals surface area contributed by atoms with Crippen LogP contribution in [0.25, 0.3) is 10.9 Å². The minimum atomic E-state index is -1.02. The van der Waals surface area contributed by atoms with E-state index in [4.69, 9.17) is 0 Å². The van der Waals surface area contributed by atoms with E-state index in [0.717, 1.165) is 42.1 Å². The van der Waals surface area contributed by atoms with E-state index in [1.165, 1.54) is 0 Å². The first-order chi connectivity index (χ1) is 11.6. The number of aromatic amines is 1. The molecule has 0 bridgehead atoms. The van der Waals surface area contributed by atoms with E-state index >= 15 is 0 Å². The Morgan fingerprint density at radius 1 is 1.29 bits per heavy atom. The number of fused-ring (bicyclic) bond motifs is 1. The van der Waals surface area contributed by atoms with Crippen LogP contribution in [0, 0.1) is 0 Å². The van der Waals surface area contributed by atoms with Crippen LogP contribution in [0.1, 0.15) is 31.2 Å². The molecule has 6 nitrogen and oxygen atoms in total. The predicted molar refractivity (Wildman–Crippen MR) is 91.8 cm³/mol. The monoisotopic (exact) mass is 329 g/mol. The lowest BCUT2D eigenvalue weighted by molar-refractivity contribution is -0.142. The number of carboxylic acid groups (broad SMARTS) is 1. The van der Waals surface area contributed by atoms with Crippen molar-refractivity contribution in [1.29, 1.82) is 0 Å². The molecule has 1 aliphatic rings. The molecule has 1 heterocycles. The summed E-state index contributed by atoms with van der Waals surface area (Å²) in [5, 5.41) is 16.4. The quantitative estimate of drug-likeness (QED) is 0.650. The summed E-state index contributed by atoms with van der Waals surface area (Å²) in [6.45, 7) is 0. The number of carbonyl (C=O) groups is 2. The summed E-state index contributed by atoms with van der Waals surface area (Å²) >= 11 is 0. The van der Waals surface area contributed by atoms with Crippen molar-refractivity contribution in [2.75, 3.05) is 7.05 Å². The average Bonchev–Trinajstić information content (AvgIpc) is 3.22. The van der Waals surface area contributed by atoms with Gasteiger partial charge < -0.3 is 20.7 Å². The highest BCUT2D eigenvalue weighted by Gasteiger charge is 2.41. The molecule has 6 heteroatoms. The second-order valence-electron chi connectivity index (χ2n) is 6.47. The predicted octanol–water partition coefficient (Wildman–Crippen LogP) is 1.81. The van der Waals surface area contributed by atoms with Crippen molar-refractivity contribution in [2.24, 2.45) is 0 Å². The maximum absolute atomic E-state index is 12.7. The molecule has 1 aliphatic carbocycles. The van der Waals surface area contributed by atoms with Crippen LogP contribution in [0.3, 0.4) is 0 Å². The van der Waals surface area contributed by atoms with Gasteiger partial charge in [-0.1, -0.05) is 31.0 Å². The lowest BCUT2D eigenvalue weighted by atomic mass is 9.95. The first-order valence-corrected chi connectivity index (χ1v) is 8.33. The summed E-state index contributed by atoms with van der Waals surface area (Å²) in [5.41, 5.74) is 1.22. The fourth-order valence-electron chi connectivity index (χ4n) is 3.59. The molecule has 24 heavy (non-hydrogen) atoms. The number of carbonyl (C=O) groups excluding carboxylic acids is 1. The van der Waals surface area contributed by atoms with E-state index in [2.05, 4.69) is 15.6 Å². The summed E-state index contributed by atoms with van der Waals surface area (Å²) in [6.07, 6.45) is 5.52. The Labute approximate surface area is 140 Å². The normalized spacial score (nSPS) is 17.7. The Kier molecular flexibility index (Phi) is 4.57. The standard InChI is InChI=1S/C18H23N3O3/c1-19-18(8-4-5-9-18)17(24)21-15(16(22)23)10-12-11-20-14-7-3-2-6-13(12)14/h2-3,6-7,11,15,19-20H,4-5,8-10H2,1H3,(H,21,24)(H,22,23). The van der Waals surface area contributed by atoms with Gasteiger partial charge >= 0.3 is 5.97 Å². The van der Waals surface area contributed by atoms with Crippen LogP contribution < -0.4 is 10.6 Å². The van der Waals surface area contributed by atoms with Crippen molar-refractivity contribution in [3.05, 3.63) is 36.0 Å². The lowest BCUT2D eigenvalue weighted by Gasteiger charge is -2.29. The number of carboxylic acids is 1. The number of amides is 1. The highest BCUT2D eigenvalue weighted by Crippen LogP contribution is 2.29. The summed E-state index contributed by atoms with van der Waals surface area (Å²) in [6, 6.07) is 6.80. The molecule has 4 N–H and O–H groups in total. The first-order valence-electron chi connectivity index (χ1n) is 8.33. The van der Waals surface area contributed by atoms with Crippen molar-refractivity contribution in [2.45, 2.75) is 43.7 Å². The van der Waals surface area contributed by atoms with E-state index in [9.17, 15) is 14.7 Å². The number of H-pyrrole nitrogens is 1. The third-order valence-electron chi connectivity index (χ3n) is 5.07. The number of para-hydroxylation sites is 1. The highest BCUT2D eigenvalue weighted by atomic mass is 16.4. The zero-order valence-corrected chi connectivity index (χ0v) is 13.8. The van der Waals surface area contributed by atoms with Gasteiger partial charge in [0, 0.05) is 23.5 Å². The lowest BCUT2D eigenvalue weighted by Crippen LogP contribution is -2.57. The molecule has 1 atom stereocenters. The largest absolute Gasteiger partial charge is 0.480 e. The molecular weight excluding hydrogens is 306 g/mol. The van der Waals surface area contributed by atoms with Crippen LogP contribution in [0.5, 0.6) is 0 Å². The third-order valence-corrected chi connectivity index (χ3v) is 5.07. The number of aromatic nitrogens is 1. The minimum Gasteiger partial charge on any atom is -0.480 e. The summed E-state index contributed by atoms with van der Waals surface area (Å²) in [4.78, 5) is 27.5. The molecule has 1 unspecified atom stereocenters. The molecule has 1 aromatic carbocycles. The minimum absolute atomic E-state index is 0.213. The molecule has 2 aromatic rings. The number of hydrogen-bond donors (Lipinski definition) is 4. The van der Waals surface area contributed by atoms with E-state index in [1.807, 2.05) is 30.5 Å². The van der Waals surface area contributed by atoms with Crippen LogP contribution in [0.4, 0.5) is 0 Å². The van der Waals surface area contributed by atoms with Gasteiger partial charge in [0.25, 0.3) is 0 Å². The molecule has 0 aliphatic heterocycles. The van der Waals surface area contributed by atoms with Gasteiger partial charge in [-0.25, -0.2) is 4.79 Å². The molecule has 3 rings (SSSR count). The Morgan fingerprint density at radius 3 is 2.67 bits per heavy atom. The molecule has 1 saturated carbocycles. The van der Waals surface area contributed by atoms with Crippen molar-refractivity contribution in [3.8, 4) is 0 Å². The Bertz CT molecular complexity index is 747. The van der Waals surface area contributed by atoms with Crippen LogP contribution >= 0.6 is 0 Å². The van der Waals surface area contributed by atoms with Gasteiger partial charge in [0.15, 0.2) is 0 Å². The van der Waals surface area contributed by atoms with Crippen molar-refractivity contribution in [1.82, 2.24) is 15.6 Å².